The van der Waals surface area contributed by atoms with Crippen LogP contribution < -0.4 is 5.32 Å². The van der Waals surface area contributed by atoms with Crippen LogP contribution in [0.15, 0.2) is 0 Å². The summed E-state index contributed by atoms with van der Waals surface area (Å²) in [6.45, 7) is 0.115. The van der Waals surface area contributed by atoms with Gasteiger partial charge in [-0.3, -0.25) is 19.3 Å². The highest BCUT2D eigenvalue weighted by atomic mass is 16.5. The first-order chi connectivity index (χ1) is 9.45. The third-order valence-electron chi connectivity index (χ3n) is 3.10. The summed E-state index contributed by atoms with van der Waals surface area (Å²) in [6, 6.07) is -0.735. The normalized spacial score (nSPS) is 17.6. The number of hydrogen-bond acceptors (Lipinski definition) is 5. The van der Waals surface area contributed by atoms with Crippen LogP contribution in [0.5, 0.6) is 0 Å². The zero-order chi connectivity index (χ0) is 15.1. The first kappa shape index (κ1) is 15.9. The lowest BCUT2D eigenvalue weighted by Gasteiger charge is -2.20. The number of amides is 2. The molecule has 0 aromatic rings. The lowest BCUT2D eigenvalue weighted by Crippen LogP contribution is -2.46. The number of ketones is 1. The predicted molar refractivity (Wildman–Crippen MR) is 67.0 cm³/mol. The Morgan fingerprint density at radius 3 is 2.60 bits per heavy atom. The molecule has 8 heteroatoms. The number of methoxy groups -OCH3 is 1. The predicted octanol–water partition coefficient (Wildman–Crippen LogP) is -0.233. The molecule has 2 N–H and O–H groups in total. The second-order valence-electron chi connectivity index (χ2n) is 4.47. The van der Waals surface area contributed by atoms with Crippen LogP contribution in [0.4, 0.5) is 4.79 Å². The molecule has 1 atom stereocenters. The van der Waals surface area contributed by atoms with Gasteiger partial charge in [-0.15, -0.1) is 0 Å². The Labute approximate surface area is 116 Å². The SMILES string of the molecule is COC(=O)CCC(=O)CNC(=O)C1CCCN1C(=O)O. The third kappa shape index (κ3) is 4.52. The molecule has 0 aromatic heterocycles. The van der Waals surface area contributed by atoms with Gasteiger partial charge < -0.3 is 15.2 Å². The summed E-state index contributed by atoms with van der Waals surface area (Å²) >= 11 is 0. The van der Waals surface area contributed by atoms with Crippen molar-refractivity contribution >= 4 is 23.8 Å². The molecular formula is C12H18N2O6. The van der Waals surface area contributed by atoms with Crippen molar-refractivity contribution in [2.24, 2.45) is 0 Å². The fraction of sp³-hybridized carbons (Fsp3) is 0.667. The maximum atomic E-state index is 11.8. The number of rotatable bonds is 6. The highest BCUT2D eigenvalue weighted by molar-refractivity contribution is 5.91. The van der Waals surface area contributed by atoms with E-state index in [1.165, 1.54) is 7.11 Å². The molecule has 20 heavy (non-hydrogen) atoms. The van der Waals surface area contributed by atoms with Crippen molar-refractivity contribution in [2.45, 2.75) is 31.7 Å². The van der Waals surface area contributed by atoms with Crippen molar-refractivity contribution in [1.82, 2.24) is 10.2 Å². The summed E-state index contributed by atoms with van der Waals surface area (Å²) in [7, 11) is 1.23. The Balaban J connectivity index is 2.34. The maximum Gasteiger partial charge on any atom is 0.407 e. The number of likely N-dealkylation sites (tertiary alicyclic amines) is 1. The highest BCUT2D eigenvalue weighted by Crippen LogP contribution is 2.17. The van der Waals surface area contributed by atoms with Crippen LogP contribution in [-0.2, 0) is 19.1 Å². The van der Waals surface area contributed by atoms with Crippen LogP contribution >= 0.6 is 0 Å². The minimum atomic E-state index is -1.14. The Hall–Kier alpha value is -2.12. The summed E-state index contributed by atoms with van der Waals surface area (Å²) < 4.78 is 4.40. The minimum Gasteiger partial charge on any atom is -0.469 e. The molecule has 1 aliphatic rings. The van der Waals surface area contributed by atoms with Crippen LogP contribution in [0, 0.1) is 0 Å². The van der Waals surface area contributed by atoms with Gasteiger partial charge >= 0.3 is 12.1 Å². The molecule has 0 spiro atoms. The molecule has 112 valence electrons. The largest absolute Gasteiger partial charge is 0.469 e. The average Bonchev–Trinajstić information content (AvgIpc) is 2.91. The van der Waals surface area contributed by atoms with Gasteiger partial charge in [0, 0.05) is 13.0 Å². The number of carbonyl (C=O) groups is 4. The van der Waals surface area contributed by atoms with Gasteiger partial charge in [-0.25, -0.2) is 4.79 Å². The number of hydrogen-bond donors (Lipinski definition) is 2. The number of nitrogens with zero attached hydrogens (tertiary/aromatic N) is 1. The Kier molecular flexibility index (Phi) is 5.95. The van der Waals surface area contributed by atoms with Crippen LogP contribution in [0.25, 0.3) is 0 Å². The number of ether oxygens (including phenoxy) is 1. The molecule has 2 amide bonds. The van der Waals surface area contributed by atoms with E-state index in [2.05, 4.69) is 10.1 Å². The summed E-state index contributed by atoms with van der Waals surface area (Å²) in [5.74, 6) is -1.27. The maximum absolute atomic E-state index is 11.8. The van der Waals surface area contributed by atoms with Crippen LogP contribution in [0.3, 0.4) is 0 Å². The fourth-order valence-electron chi connectivity index (χ4n) is 2.00. The summed E-state index contributed by atoms with van der Waals surface area (Å²) in [6.07, 6.45) is -0.106. The number of esters is 1. The molecule has 8 nitrogen and oxygen atoms in total. The van der Waals surface area contributed by atoms with E-state index in [1.54, 1.807) is 0 Å². The molecule has 0 aromatic carbocycles. The zero-order valence-electron chi connectivity index (χ0n) is 11.3. The topological polar surface area (TPSA) is 113 Å². The van der Waals surface area contributed by atoms with Crippen LogP contribution in [0.1, 0.15) is 25.7 Å². The van der Waals surface area contributed by atoms with Crippen molar-refractivity contribution in [2.75, 3.05) is 20.2 Å². The van der Waals surface area contributed by atoms with Gasteiger partial charge in [0.05, 0.1) is 20.1 Å². The molecule has 1 fully saturated rings. The quantitative estimate of drug-likeness (QED) is 0.652. The van der Waals surface area contributed by atoms with E-state index in [0.29, 0.717) is 19.4 Å². The van der Waals surface area contributed by atoms with Gasteiger partial charge in [0.1, 0.15) is 6.04 Å². The van der Waals surface area contributed by atoms with Gasteiger partial charge in [0.15, 0.2) is 5.78 Å². The van der Waals surface area contributed by atoms with Gasteiger partial charge in [0.25, 0.3) is 0 Å². The molecular weight excluding hydrogens is 268 g/mol. The Morgan fingerprint density at radius 1 is 1.30 bits per heavy atom. The van der Waals surface area contributed by atoms with Gasteiger partial charge in [-0.2, -0.15) is 0 Å². The molecule has 1 heterocycles. The number of nitrogens with one attached hydrogen (secondary N) is 1. The first-order valence-electron chi connectivity index (χ1n) is 6.31. The van der Waals surface area contributed by atoms with E-state index in [-0.39, 0.29) is 25.2 Å². The second-order valence-corrected chi connectivity index (χ2v) is 4.47. The molecule has 0 bridgehead atoms. The Bertz CT molecular complexity index is 409. The monoisotopic (exact) mass is 286 g/mol. The molecule has 0 saturated carbocycles. The smallest absolute Gasteiger partial charge is 0.407 e. The second kappa shape index (κ2) is 7.46. The first-order valence-corrected chi connectivity index (χ1v) is 6.31. The van der Waals surface area contributed by atoms with E-state index in [0.717, 1.165) is 4.90 Å². The third-order valence-corrected chi connectivity index (χ3v) is 3.10. The van der Waals surface area contributed by atoms with Gasteiger partial charge in [-0.1, -0.05) is 0 Å². The lowest BCUT2D eigenvalue weighted by molar-refractivity contribution is -0.141. The zero-order valence-corrected chi connectivity index (χ0v) is 11.3. The minimum absolute atomic E-state index is 0.0136. The molecule has 1 unspecified atom stereocenters. The number of carbonyl (C=O) groups excluding carboxylic acids is 3. The summed E-state index contributed by atoms with van der Waals surface area (Å²) in [4.78, 5) is 46.0. The highest BCUT2D eigenvalue weighted by Gasteiger charge is 2.33. The molecule has 1 aliphatic heterocycles. The van der Waals surface area contributed by atoms with E-state index in [4.69, 9.17) is 5.11 Å². The number of carboxylic acid groups (broad SMARTS) is 1. The van der Waals surface area contributed by atoms with Crippen molar-refractivity contribution in [3.8, 4) is 0 Å². The van der Waals surface area contributed by atoms with E-state index in [1.807, 2.05) is 0 Å². The van der Waals surface area contributed by atoms with Crippen molar-refractivity contribution in [1.29, 1.82) is 0 Å². The molecule has 1 saturated heterocycles. The summed E-state index contributed by atoms with van der Waals surface area (Å²) in [5, 5.41) is 11.3. The van der Waals surface area contributed by atoms with Gasteiger partial charge in [0.2, 0.25) is 5.91 Å². The van der Waals surface area contributed by atoms with Crippen LogP contribution in [0.2, 0.25) is 0 Å². The molecule has 0 aliphatic carbocycles. The van der Waals surface area contributed by atoms with Crippen molar-refractivity contribution in [3.63, 3.8) is 0 Å². The van der Waals surface area contributed by atoms with Crippen molar-refractivity contribution < 1.29 is 29.0 Å². The lowest BCUT2D eigenvalue weighted by atomic mass is 10.2. The summed E-state index contributed by atoms with van der Waals surface area (Å²) in [5.41, 5.74) is 0. The standard InChI is InChI=1S/C12H18N2O6/c1-20-10(16)5-4-8(15)7-13-11(17)9-3-2-6-14(9)12(18)19/h9H,2-7H2,1H3,(H,13,17)(H,18,19). The Morgan fingerprint density at radius 2 is 2.00 bits per heavy atom. The van der Waals surface area contributed by atoms with E-state index in [9.17, 15) is 19.2 Å². The van der Waals surface area contributed by atoms with Crippen LogP contribution in [-0.4, -0.2) is 60.0 Å². The number of Topliss-reactive ketones (excluding diaryl/α,β-unsaturated/α-hetero) is 1. The molecule has 1 rings (SSSR count). The van der Waals surface area contributed by atoms with Gasteiger partial charge in [-0.05, 0) is 12.8 Å². The fourth-order valence-corrected chi connectivity index (χ4v) is 2.00. The van der Waals surface area contributed by atoms with E-state index < -0.39 is 24.0 Å². The average molecular weight is 286 g/mol. The molecule has 0 radical (unpaired) electrons. The van der Waals surface area contributed by atoms with Crippen molar-refractivity contribution in [3.05, 3.63) is 0 Å². The van der Waals surface area contributed by atoms with E-state index >= 15 is 0 Å².